The van der Waals surface area contributed by atoms with E-state index in [2.05, 4.69) is 10.6 Å². The summed E-state index contributed by atoms with van der Waals surface area (Å²) in [5.74, 6) is -0.0332. The lowest BCUT2D eigenvalue weighted by molar-refractivity contribution is -0.118. The highest BCUT2D eigenvalue weighted by molar-refractivity contribution is 6.30. The van der Waals surface area contributed by atoms with E-state index in [1.54, 1.807) is 0 Å². The SMILES string of the molecule is O=C(Nc1ccccc1)[C@H](NC1CCCCC1)c1ccc(Cl)cc1. The second kappa shape index (κ2) is 8.32. The van der Waals surface area contributed by atoms with E-state index in [0.29, 0.717) is 11.1 Å². The first-order valence-electron chi connectivity index (χ1n) is 8.60. The summed E-state index contributed by atoms with van der Waals surface area (Å²) in [6.45, 7) is 0. The van der Waals surface area contributed by atoms with E-state index in [1.807, 2.05) is 54.6 Å². The fourth-order valence-electron chi connectivity index (χ4n) is 3.22. The van der Waals surface area contributed by atoms with Crippen molar-refractivity contribution in [2.45, 2.75) is 44.2 Å². The molecule has 0 saturated heterocycles. The number of carbonyl (C=O) groups is 1. The Morgan fingerprint density at radius 3 is 2.29 bits per heavy atom. The zero-order valence-electron chi connectivity index (χ0n) is 13.7. The van der Waals surface area contributed by atoms with Crippen LogP contribution in [0.1, 0.15) is 43.7 Å². The molecule has 0 aliphatic heterocycles. The van der Waals surface area contributed by atoms with Crippen molar-refractivity contribution in [2.24, 2.45) is 0 Å². The van der Waals surface area contributed by atoms with E-state index in [0.717, 1.165) is 24.1 Å². The molecule has 1 amide bonds. The molecule has 3 nitrogen and oxygen atoms in total. The van der Waals surface area contributed by atoms with Crippen LogP contribution in [0.3, 0.4) is 0 Å². The molecule has 2 aromatic rings. The van der Waals surface area contributed by atoms with Crippen LogP contribution in [-0.4, -0.2) is 11.9 Å². The first kappa shape index (κ1) is 17.0. The Hall–Kier alpha value is -1.84. The molecule has 1 atom stereocenters. The molecule has 3 rings (SSSR count). The van der Waals surface area contributed by atoms with Crippen molar-refractivity contribution < 1.29 is 4.79 Å². The molecule has 1 aliphatic carbocycles. The summed E-state index contributed by atoms with van der Waals surface area (Å²) < 4.78 is 0. The van der Waals surface area contributed by atoms with Crippen molar-refractivity contribution in [3.8, 4) is 0 Å². The van der Waals surface area contributed by atoms with E-state index in [-0.39, 0.29) is 11.9 Å². The van der Waals surface area contributed by atoms with Gasteiger partial charge in [-0.2, -0.15) is 0 Å². The van der Waals surface area contributed by atoms with Crippen LogP contribution in [0.15, 0.2) is 54.6 Å². The number of halogens is 1. The minimum absolute atomic E-state index is 0.0332. The van der Waals surface area contributed by atoms with Gasteiger partial charge in [0.05, 0.1) is 0 Å². The zero-order valence-corrected chi connectivity index (χ0v) is 14.4. The van der Waals surface area contributed by atoms with Crippen molar-refractivity contribution in [2.75, 3.05) is 5.32 Å². The van der Waals surface area contributed by atoms with Gasteiger partial charge in [-0.3, -0.25) is 10.1 Å². The predicted molar refractivity (Wildman–Crippen MR) is 99.3 cm³/mol. The maximum Gasteiger partial charge on any atom is 0.246 e. The largest absolute Gasteiger partial charge is 0.324 e. The topological polar surface area (TPSA) is 41.1 Å². The number of rotatable bonds is 5. The smallest absolute Gasteiger partial charge is 0.246 e. The second-order valence-corrected chi connectivity index (χ2v) is 6.78. The van der Waals surface area contributed by atoms with Gasteiger partial charge >= 0.3 is 0 Å². The fourth-order valence-corrected chi connectivity index (χ4v) is 3.35. The highest BCUT2D eigenvalue weighted by Gasteiger charge is 2.25. The molecule has 0 radical (unpaired) electrons. The minimum atomic E-state index is -0.370. The molecule has 1 fully saturated rings. The van der Waals surface area contributed by atoms with Crippen LogP contribution >= 0.6 is 11.6 Å². The maximum atomic E-state index is 12.9. The first-order chi connectivity index (χ1) is 11.7. The number of anilines is 1. The van der Waals surface area contributed by atoms with Crippen molar-refractivity contribution in [3.05, 3.63) is 65.2 Å². The summed E-state index contributed by atoms with van der Waals surface area (Å²) >= 11 is 6.00. The van der Waals surface area contributed by atoms with Crippen molar-refractivity contribution >= 4 is 23.2 Å². The van der Waals surface area contributed by atoms with Gasteiger partial charge in [0.25, 0.3) is 0 Å². The Bertz CT molecular complexity index is 651. The number of hydrogen-bond donors (Lipinski definition) is 2. The average Bonchev–Trinajstić information content (AvgIpc) is 2.62. The summed E-state index contributed by atoms with van der Waals surface area (Å²) in [6.07, 6.45) is 6.00. The molecule has 1 saturated carbocycles. The summed E-state index contributed by atoms with van der Waals surface area (Å²) in [4.78, 5) is 12.9. The maximum absolute atomic E-state index is 12.9. The molecule has 0 bridgehead atoms. The highest BCUT2D eigenvalue weighted by Crippen LogP contribution is 2.24. The van der Waals surface area contributed by atoms with Gasteiger partial charge in [0.1, 0.15) is 6.04 Å². The van der Waals surface area contributed by atoms with Crippen LogP contribution < -0.4 is 10.6 Å². The molecule has 1 aliphatic rings. The zero-order chi connectivity index (χ0) is 16.8. The summed E-state index contributed by atoms with van der Waals surface area (Å²) in [5.41, 5.74) is 1.75. The molecule has 0 heterocycles. The van der Waals surface area contributed by atoms with Crippen LogP contribution in [0.25, 0.3) is 0 Å². The van der Waals surface area contributed by atoms with Crippen molar-refractivity contribution in [1.82, 2.24) is 5.32 Å². The van der Waals surface area contributed by atoms with Gasteiger partial charge in [0.2, 0.25) is 5.91 Å². The predicted octanol–water partition coefficient (Wildman–Crippen LogP) is 4.94. The van der Waals surface area contributed by atoms with Gasteiger partial charge in [-0.1, -0.05) is 61.2 Å². The van der Waals surface area contributed by atoms with Crippen molar-refractivity contribution in [3.63, 3.8) is 0 Å². The lowest BCUT2D eigenvalue weighted by Gasteiger charge is -2.28. The second-order valence-electron chi connectivity index (χ2n) is 6.34. The third kappa shape index (κ3) is 4.59. The van der Waals surface area contributed by atoms with E-state index < -0.39 is 0 Å². The van der Waals surface area contributed by atoms with Gasteiger partial charge in [0, 0.05) is 16.8 Å². The molecule has 24 heavy (non-hydrogen) atoms. The van der Waals surface area contributed by atoms with E-state index >= 15 is 0 Å². The Labute approximate surface area is 148 Å². The number of nitrogens with one attached hydrogen (secondary N) is 2. The third-order valence-electron chi connectivity index (χ3n) is 4.51. The first-order valence-corrected chi connectivity index (χ1v) is 8.97. The number of para-hydroxylation sites is 1. The number of benzene rings is 2. The van der Waals surface area contributed by atoms with Crippen LogP contribution in [0.4, 0.5) is 5.69 Å². The Balaban J connectivity index is 1.77. The monoisotopic (exact) mass is 342 g/mol. The van der Waals surface area contributed by atoms with E-state index in [4.69, 9.17) is 11.6 Å². The fraction of sp³-hybridized carbons (Fsp3) is 0.350. The molecular formula is C20H23ClN2O. The van der Waals surface area contributed by atoms with E-state index in [9.17, 15) is 4.79 Å². The lowest BCUT2D eigenvalue weighted by Crippen LogP contribution is -2.40. The number of hydrogen-bond acceptors (Lipinski definition) is 2. The molecule has 0 unspecified atom stereocenters. The van der Waals surface area contributed by atoms with Crippen molar-refractivity contribution in [1.29, 1.82) is 0 Å². The molecule has 0 spiro atoms. The van der Waals surface area contributed by atoms with Gasteiger partial charge in [-0.05, 0) is 42.7 Å². The van der Waals surface area contributed by atoms with Gasteiger partial charge in [-0.25, -0.2) is 0 Å². The Morgan fingerprint density at radius 1 is 0.958 bits per heavy atom. The highest BCUT2D eigenvalue weighted by atomic mass is 35.5. The molecule has 2 N–H and O–H groups in total. The van der Waals surface area contributed by atoms with Crippen LogP contribution in [0.5, 0.6) is 0 Å². The summed E-state index contributed by atoms with van der Waals surface area (Å²) in [5, 5.41) is 7.25. The summed E-state index contributed by atoms with van der Waals surface area (Å²) in [7, 11) is 0. The van der Waals surface area contributed by atoms with Gasteiger partial charge in [0.15, 0.2) is 0 Å². The van der Waals surface area contributed by atoms with Crippen LogP contribution in [0, 0.1) is 0 Å². The third-order valence-corrected chi connectivity index (χ3v) is 4.77. The standard InChI is InChI=1S/C20H23ClN2O/c21-16-13-11-15(12-14-16)19(22-17-7-3-1-4-8-17)20(24)23-18-9-5-2-6-10-18/h2,5-6,9-14,17,19,22H,1,3-4,7-8H2,(H,23,24)/t19-/m1/s1. The van der Waals surface area contributed by atoms with Crippen LogP contribution in [0.2, 0.25) is 5.02 Å². The normalized spacial score (nSPS) is 16.5. The quantitative estimate of drug-likeness (QED) is 0.807. The molecule has 4 heteroatoms. The van der Waals surface area contributed by atoms with Gasteiger partial charge in [-0.15, -0.1) is 0 Å². The molecular weight excluding hydrogens is 320 g/mol. The molecule has 126 valence electrons. The molecule has 0 aromatic heterocycles. The Kier molecular flexibility index (Phi) is 5.89. The number of carbonyl (C=O) groups excluding carboxylic acids is 1. The molecule has 2 aromatic carbocycles. The van der Waals surface area contributed by atoms with E-state index in [1.165, 1.54) is 19.3 Å². The Morgan fingerprint density at radius 2 is 1.62 bits per heavy atom. The number of amides is 1. The van der Waals surface area contributed by atoms with Gasteiger partial charge < -0.3 is 5.32 Å². The van der Waals surface area contributed by atoms with Crippen LogP contribution in [-0.2, 0) is 4.79 Å². The summed E-state index contributed by atoms with van der Waals surface area (Å²) in [6, 6.07) is 17.1. The average molecular weight is 343 g/mol. The lowest BCUT2D eigenvalue weighted by atomic mass is 9.93. The minimum Gasteiger partial charge on any atom is -0.324 e.